The molecule has 6 N–H and O–H groups in total. The van der Waals surface area contributed by atoms with Gasteiger partial charge in [0.1, 0.15) is 0 Å². The van der Waals surface area contributed by atoms with Gasteiger partial charge >= 0.3 is 6.18 Å². The summed E-state index contributed by atoms with van der Waals surface area (Å²) in [6.07, 6.45) is -0.636. The van der Waals surface area contributed by atoms with Gasteiger partial charge in [0, 0.05) is 17.8 Å². The van der Waals surface area contributed by atoms with Crippen molar-refractivity contribution in [3.8, 4) is 0 Å². The molecule has 0 unspecified atom stereocenters. The maximum absolute atomic E-state index is 12.7. The number of benzene rings is 1. The van der Waals surface area contributed by atoms with Gasteiger partial charge in [-0.2, -0.15) is 18.2 Å². The number of alkyl halides is 3. The molecule has 2 atom stereocenters. The molecule has 3 rings (SSSR count). The highest BCUT2D eigenvalue weighted by atomic mass is 19.4. The van der Waals surface area contributed by atoms with E-state index in [1.54, 1.807) is 0 Å². The van der Waals surface area contributed by atoms with Crippen LogP contribution in [0.4, 0.5) is 30.6 Å². The van der Waals surface area contributed by atoms with Crippen molar-refractivity contribution < 1.29 is 18.0 Å². The van der Waals surface area contributed by atoms with Crippen LogP contribution >= 0.6 is 0 Å². The number of hydrogen-bond donors (Lipinski definition) is 4. The number of hydrogen-bond acceptors (Lipinski definition) is 7. The molecule has 8 nitrogen and oxygen atoms in total. The zero-order valence-electron chi connectivity index (χ0n) is 14.8. The Morgan fingerprint density at radius 1 is 1.11 bits per heavy atom. The lowest BCUT2D eigenvalue weighted by molar-refractivity contribution is -0.137. The van der Waals surface area contributed by atoms with Gasteiger partial charge in [0.05, 0.1) is 5.56 Å². The molecule has 1 heterocycles. The zero-order chi connectivity index (χ0) is 20.3. The third kappa shape index (κ3) is 4.66. The monoisotopic (exact) mass is 395 g/mol. The Balaban J connectivity index is 1.82. The van der Waals surface area contributed by atoms with Gasteiger partial charge in [0.25, 0.3) is 5.91 Å². The molecule has 1 aromatic heterocycles. The van der Waals surface area contributed by atoms with Crippen molar-refractivity contribution >= 4 is 23.4 Å². The number of nitrogens with one attached hydrogen (secondary N) is 2. The van der Waals surface area contributed by atoms with Crippen molar-refractivity contribution in [2.45, 2.75) is 43.9 Å². The molecule has 28 heavy (non-hydrogen) atoms. The van der Waals surface area contributed by atoms with Crippen molar-refractivity contribution in [1.82, 2.24) is 15.2 Å². The highest BCUT2D eigenvalue weighted by molar-refractivity contribution is 5.96. The highest BCUT2D eigenvalue weighted by Crippen LogP contribution is 2.30. The summed E-state index contributed by atoms with van der Waals surface area (Å²) in [6, 6.07) is 4.19. The van der Waals surface area contributed by atoms with E-state index in [2.05, 4.69) is 25.8 Å². The molecule has 2 aromatic rings. The molecule has 1 saturated carbocycles. The largest absolute Gasteiger partial charge is 0.416 e. The lowest BCUT2D eigenvalue weighted by Gasteiger charge is -2.29. The summed E-state index contributed by atoms with van der Waals surface area (Å²) in [5.74, 6) is -0.716. The van der Waals surface area contributed by atoms with Crippen LogP contribution in [0, 0.1) is 0 Å². The molecular formula is C17H20F3N7O. The number of carbonyl (C=O) groups excluding carboxylic acids is 1. The lowest BCUT2D eigenvalue weighted by atomic mass is 9.91. The van der Waals surface area contributed by atoms with Crippen LogP contribution in [0.5, 0.6) is 0 Å². The molecular weight excluding hydrogens is 375 g/mol. The first kappa shape index (κ1) is 19.8. The van der Waals surface area contributed by atoms with Crippen LogP contribution < -0.4 is 22.1 Å². The second-order valence-electron chi connectivity index (χ2n) is 6.60. The van der Waals surface area contributed by atoms with Crippen LogP contribution in [0.3, 0.4) is 0 Å². The minimum absolute atomic E-state index is 0.00543. The third-order valence-corrected chi connectivity index (χ3v) is 4.53. The normalized spacial score (nSPS) is 19.9. The van der Waals surface area contributed by atoms with E-state index in [1.807, 2.05) is 0 Å². The van der Waals surface area contributed by atoms with E-state index < -0.39 is 17.6 Å². The molecule has 1 fully saturated rings. The Morgan fingerprint density at radius 3 is 2.39 bits per heavy atom. The van der Waals surface area contributed by atoms with Gasteiger partial charge in [0.15, 0.2) is 11.5 Å². The van der Waals surface area contributed by atoms with Crippen molar-refractivity contribution in [2.24, 2.45) is 11.5 Å². The zero-order valence-corrected chi connectivity index (χ0v) is 14.8. The summed E-state index contributed by atoms with van der Waals surface area (Å²) in [6.45, 7) is 0. The van der Waals surface area contributed by atoms with Crippen LogP contribution in [-0.4, -0.2) is 33.2 Å². The van der Waals surface area contributed by atoms with Gasteiger partial charge in [-0.15, -0.1) is 10.2 Å². The quantitative estimate of drug-likeness (QED) is 0.611. The summed E-state index contributed by atoms with van der Waals surface area (Å²) in [5.41, 5.74) is 10.7. The van der Waals surface area contributed by atoms with Crippen LogP contribution in [0.2, 0.25) is 0 Å². The third-order valence-electron chi connectivity index (χ3n) is 4.53. The molecule has 0 spiro atoms. The van der Waals surface area contributed by atoms with Gasteiger partial charge in [-0.1, -0.05) is 12.8 Å². The van der Waals surface area contributed by atoms with Gasteiger partial charge in [-0.3, -0.25) is 4.79 Å². The minimum atomic E-state index is -4.44. The first-order valence-corrected chi connectivity index (χ1v) is 8.75. The standard InChI is InChI=1S/C17H20F3N7O/c18-17(19,20)9-5-7-10(8-6-9)23-15-13(14(22)28)26-27-16(25-15)24-12-4-2-1-3-11(12)21/h5-8,11-12H,1-4,21H2,(H2,22,28)(H2,23,24,25,27)/t11-,12+/m0/s1. The van der Waals surface area contributed by atoms with Crippen molar-refractivity contribution in [3.05, 3.63) is 35.5 Å². The number of nitrogens with zero attached hydrogens (tertiary/aromatic N) is 3. The van der Waals surface area contributed by atoms with Crippen molar-refractivity contribution in [3.63, 3.8) is 0 Å². The van der Waals surface area contributed by atoms with E-state index in [9.17, 15) is 18.0 Å². The second-order valence-corrected chi connectivity index (χ2v) is 6.60. The molecule has 0 bridgehead atoms. The molecule has 1 aromatic carbocycles. The molecule has 0 aliphatic heterocycles. The second kappa shape index (κ2) is 7.97. The van der Waals surface area contributed by atoms with E-state index >= 15 is 0 Å². The van der Waals surface area contributed by atoms with E-state index in [1.165, 1.54) is 12.1 Å². The average Bonchev–Trinajstić information content (AvgIpc) is 2.63. The molecule has 11 heteroatoms. The fraction of sp³-hybridized carbons (Fsp3) is 0.412. The van der Waals surface area contributed by atoms with E-state index in [-0.39, 0.29) is 35.2 Å². The molecule has 1 aliphatic carbocycles. The topological polar surface area (TPSA) is 132 Å². The summed E-state index contributed by atoms with van der Waals surface area (Å²) in [5, 5.41) is 13.5. The fourth-order valence-electron chi connectivity index (χ4n) is 3.02. The summed E-state index contributed by atoms with van der Waals surface area (Å²) < 4.78 is 38.1. The number of nitrogens with two attached hydrogens (primary N) is 2. The van der Waals surface area contributed by atoms with E-state index in [0.717, 1.165) is 37.8 Å². The summed E-state index contributed by atoms with van der Waals surface area (Å²) >= 11 is 0. The van der Waals surface area contributed by atoms with Crippen LogP contribution in [-0.2, 0) is 6.18 Å². The average molecular weight is 395 g/mol. The number of anilines is 3. The number of halogens is 3. The van der Waals surface area contributed by atoms with Crippen LogP contribution in [0.15, 0.2) is 24.3 Å². The molecule has 1 amide bonds. The Morgan fingerprint density at radius 2 is 1.79 bits per heavy atom. The van der Waals surface area contributed by atoms with Gasteiger partial charge in [0.2, 0.25) is 5.95 Å². The highest BCUT2D eigenvalue weighted by Gasteiger charge is 2.30. The Bertz CT molecular complexity index is 842. The maximum atomic E-state index is 12.7. The smallest absolute Gasteiger partial charge is 0.364 e. The van der Waals surface area contributed by atoms with Crippen molar-refractivity contribution in [2.75, 3.05) is 10.6 Å². The first-order chi connectivity index (χ1) is 13.2. The minimum Gasteiger partial charge on any atom is -0.364 e. The predicted octanol–water partition coefficient (Wildman–Crippen LogP) is 2.41. The summed E-state index contributed by atoms with van der Waals surface area (Å²) in [7, 11) is 0. The van der Waals surface area contributed by atoms with Crippen molar-refractivity contribution in [1.29, 1.82) is 0 Å². The molecule has 0 saturated heterocycles. The molecule has 1 aliphatic rings. The summed E-state index contributed by atoms with van der Waals surface area (Å²) in [4.78, 5) is 15.8. The molecule has 0 radical (unpaired) electrons. The maximum Gasteiger partial charge on any atom is 0.416 e. The Kier molecular flexibility index (Phi) is 5.63. The first-order valence-electron chi connectivity index (χ1n) is 8.75. The predicted molar refractivity (Wildman–Crippen MR) is 96.9 cm³/mol. The van der Waals surface area contributed by atoms with Gasteiger partial charge in [-0.05, 0) is 37.1 Å². The van der Waals surface area contributed by atoms with Crippen LogP contribution in [0.25, 0.3) is 0 Å². The number of carbonyl (C=O) groups is 1. The number of amides is 1. The Hall–Kier alpha value is -2.95. The van der Waals surface area contributed by atoms with Gasteiger partial charge < -0.3 is 22.1 Å². The number of rotatable bonds is 5. The SMILES string of the molecule is NC(=O)c1nnc(N[C@@H]2CCCC[C@@H]2N)nc1Nc1ccc(C(F)(F)F)cc1. The van der Waals surface area contributed by atoms with Gasteiger partial charge in [-0.25, -0.2) is 0 Å². The van der Waals surface area contributed by atoms with E-state index in [4.69, 9.17) is 11.5 Å². The Labute approximate surface area is 158 Å². The lowest BCUT2D eigenvalue weighted by Crippen LogP contribution is -2.43. The number of primary amides is 1. The fourth-order valence-corrected chi connectivity index (χ4v) is 3.02. The van der Waals surface area contributed by atoms with Crippen LogP contribution in [0.1, 0.15) is 41.7 Å². The van der Waals surface area contributed by atoms with E-state index in [0.29, 0.717) is 0 Å². The molecule has 150 valence electrons. The number of aromatic nitrogens is 3.